The van der Waals surface area contributed by atoms with Crippen molar-refractivity contribution >= 4 is 17.2 Å². The van der Waals surface area contributed by atoms with Gasteiger partial charge in [-0.2, -0.15) is 0 Å². The second-order valence-electron chi connectivity index (χ2n) is 4.86. The van der Waals surface area contributed by atoms with E-state index in [2.05, 4.69) is 0 Å². The largest absolute Gasteiger partial charge is 0.496 e. The molecule has 1 fully saturated rings. The lowest BCUT2D eigenvalue weighted by molar-refractivity contribution is 0.0665. The first-order valence-electron chi connectivity index (χ1n) is 6.29. The van der Waals surface area contributed by atoms with Crippen molar-refractivity contribution in [1.29, 1.82) is 0 Å². The summed E-state index contributed by atoms with van der Waals surface area (Å²) >= 11 is 1.44. The van der Waals surface area contributed by atoms with E-state index in [9.17, 15) is 4.79 Å². The van der Waals surface area contributed by atoms with Crippen molar-refractivity contribution in [2.24, 2.45) is 11.7 Å². The van der Waals surface area contributed by atoms with Crippen molar-refractivity contribution in [3.8, 4) is 5.75 Å². The maximum absolute atomic E-state index is 12.3. The van der Waals surface area contributed by atoms with Crippen molar-refractivity contribution in [2.45, 2.75) is 25.8 Å². The highest BCUT2D eigenvalue weighted by molar-refractivity contribution is 7.12. The molecule has 2 atom stereocenters. The Morgan fingerprint density at radius 2 is 2.44 bits per heavy atom. The van der Waals surface area contributed by atoms with Crippen molar-refractivity contribution in [2.75, 3.05) is 20.2 Å². The first-order chi connectivity index (χ1) is 8.61. The van der Waals surface area contributed by atoms with E-state index >= 15 is 0 Å². The van der Waals surface area contributed by atoms with Gasteiger partial charge in [-0.05, 0) is 25.7 Å². The summed E-state index contributed by atoms with van der Waals surface area (Å²) in [5.74, 6) is 1.28. The summed E-state index contributed by atoms with van der Waals surface area (Å²) in [7, 11) is 1.61. The van der Waals surface area contributed by atoms with Crippen LogP contribution in [-0.4, -0.2) is 37.0 Å². The minimum atomic E-state index is 0.105. The van der Waals surface area contributed by atoms with E-state index in [-0.39, 0.29) is 11.9 Å². The van der Waals surface area contributed by atoms with E-state index in [0.717, 1.165) is 36.6 Å². The predicted molar refractivity (Wildman–Crippen MR) is 73.1 cm³/mol. The van der Waals surface area contributed by atoms with Crippen LogP contribution in [-0.2, 0) is 0 Å². The molecule has 1 aliphatic rings. The third-order valence-corrected chi connectivity index (χ3v) is 4.41. The molecule has 18 heavy (non-hydrogen) atoms. The Bertz CT molecular complexity index is 417. The van der Waals surface area contributed by atoms with E-state index in [4.69, 9.17) is 10.5 Å². The molecule has 1 amide bonds. The minimum Gasteiger partial charge on any atom is -0.496 e. The molecule has 0 bridgehead atoms. The summed E-state index contributed by atoms with van der Waals surface area (Å²) in [4.78, 5) is 15.0. The van der Waals surface area contributed by atoms with Gasteiger partial charge in [-0.15, -0.1) is 11.3 Å². The Morgan fingerprint density at radius 1 is 1.67 bits per heavy atom. The number of carbonyl (C=O) groups excluding carboxylic acids is 1. The average molecular weight is 268 g/mol. The highest BCUT2D eigenvalue weighted by atomic mass is 32.1. The van der Waals surface area contributed by atoms with E-state index in [1.165, 1.54) is 11.3 Å². The number of likely N-dealkylation sites (tertiary alicyclic amines) is 1. The van der Waals surface area contributed by atoms with Crippen LogP contribution >= 0.6 is 11.3 Å². The van der Waals surface area contributed by atoms with Gasteiger partial charge in [0.1, 0.15) is 5.75 Å². The molecule has 0 aromatic carbocycles. The van der Waals surface area contributed by atoms with Crippen LogP contribution in [0.25, 0.3) is 0 Å². The van der Waals surface area contributed by atoms with Crippen LogP contribution in [0.2, 0.25) is 0 Å². The van der Waals surface area contributed by atoms with Gasteiger partial charge in [0.25, 0.3) is 5.91 Å². The molecule has 100 valence electrons. The maximum Gasteiger partial charge on any atom is 0.264 e. The van der Waals surface area contributed by atoms with Gasteiger partial charge in [0.15, 0.2) is 0 Å². The Kier molecular flexibility index (Phi) is 4.24. The number of rotatable bonds is 3. The number of piperidine rings is 1. The van der Waals surface area contributed by atoms with Crippen molar-refractivity contribution < 1.29 is 9.53 Å². The third-order valence-electron chi connectivity index (χ3n) is 3.51. The molecule has 1 aromatic rings. The summed E-state index contributed by atoms with van der Waals surface area (Å²) in [5, 5.41) is 1.86. The van der Waals surface area contributed by atoms with Gasteiger partial charge < -0.3 is 15.4 Å². The van der Waals surface area contributed by atoms with E-state index < -0.39 is 0 Å². The van der Waals surface area contributed by atoms with Crippen molar-refractivity contribution in [3.63, 3.8) is 0 Å². The minimum absolute atomic E-state index is 0.105. The molecule has 4 nitrogen and oxygen atoms in total. The Balaban J connectivity index is 2.04. The monoisotopic (exact) mass is 268 g/mol. The lowest BCUT2D eigenvalue weighted by atomic mass is 9.92. The van der Waals surface area contributed by atoms with Gasteiger partial charge >= 0.3 is 0 Å². The molecule has 1 aliphatic heterocycles. The quantitative estimate of drug-likeness (QED) is 0.911. The van der Waals surface area contributed by atoms with Crippen molar-refractivity contribution in [3.05, 3.63) is 16.3 Å². The molecular weight excluding hydrogens is 248 g/mol. The highest BCUT2D eigenvalue weighted by Gasteiger charge is 2.27. The molecule has 5 heteroatoms. The third kappa shape index (κ3) is 2.84. The normalized spacial score (nSPS) is 21.7. The number of nitrogens with two attached hydrogens (primary N) is 1. The Morgan fingerprint density at radius 3 is 3.06 bits per heavy atom. The van der Waals surface area contributed by atoms with Crippen LogP contribution in [0.4, 0.5) is 0 Å². The van der Waals surface area contributed by atoms with Gasteiger partial charge in [-0.25, -0.2) is 0 Å². The fourth-order valence-corrected chi connectivity index (χ4v) is 3.14. The van der Waals surface area contributed by atoms with E-state index in [1.54, 1.807) is 7.11 Å². The van der Waals surface area contributed by atoms with Gasteiger partial charge in [0.05, 0.1) is 12.0 Å². The van der Waals surface area contributed by atoms with Crippen LogP contribution < -0.4 is 10.5 Å². The summed E-state index contributed by atoms with van der Waals surface area (Å²) in [6.45, 7) is 3.63. The van der Waals surface area contributed by atoms with Gasteiger partial charge in [0.2, 0.25) is 0 Å². The summed E-state index contributed by atoms with van der Waals surface area (Å²) < 4.78 is 5.11. The smallest absolute Gasteiger partial charge is 0.264 e. The zero-order valence-electron chi connectivity index (χ0n) is 10.9. The Labute approximate surface area is 112 Å². The number of methoxy groups -OCH3 is 1. The zero-order chi connectivity index (χ0) is 13.1. The molecule has 0 spiro atoms. The second kappa shape index (κ2) is 5.71. The van der Waals surface area contributed by atoms with Crippen LogP contribution in [0.1, 0.15) is 29.4 Å². The summed E-state index contributed by atoms with van der Waals surface area (Å²) in [6.07, 6.45) is 2.16. The fourth-order valence-electron chi connectivity index (χ4n) is 2.32. The lowest BCUT2D eigenvalue weighted by Gasteiger charge is -2.34. The highest BCUT2D eigenvalue weighted by Crippen LogP contribution is 2.25. The molecule has 2 unspecified atom stereocenters. The zero-order valence-corrected chi connectivity index (χ0v) is 11.7. The second-order valence-corrected chi connectivity index (χ2v) is 5.77. The number of nitrogens with zero attached hydrogens (tertiary/aromatic N) is 1. The molecule has 1 aromatic heterocycles. The predicted octanol–water partition coefficient (Wildman–Crippen LogP) is 1.96. The molecule has 0 saturated carbocycles. The maximum atomic E-state index is 12.3. The van der Waals surface area contributed by atoms with Crippen LogP contribution in [0.15, 0.2) is 11.4 Å². The number of thiophene rings is 1. The van der Waals surface area contributed by atoms with Crippen LogP contribution in [0, 0.1) is 5.92 Å². The first kappa shape index (κ1) is 13.4. The number of hydrogen-bond acceptors (Lipinski definition) is 4. The molecule has 1 saturated heterocycles. The molecule has 0 aliphatic carbocycles. The molecule has 2 rings (SSSR count). The lowest BCUT2D eigenvalue weighted by Crippen LogP contribution is -2.44. The number of carbonyl (C=O) groups is 1. The molecular formula is C13H20N2O2S. The Hall–Kier alpha value is -1.07. The van der Waals surface area contributed by atoms with Crippen LogP contribution in [0.3, 0.4) is 0 Å². The number of ether oxygens (including phenoxy) is 1. The van der Waals surface area contributed by atoms with E-state index in [0.29, 0.717) is 5.92 Å². The first-order valence-corrected chi connectivity index (χ1v) is 7.17. The number of hydrogen-bond donors (Lipinski definition) is 1. The fraction of sp³-hybridized carbons (Fsp3) is 0.615. The molecule has 0 radical (unpaired) electrons. The molecule has 2 heterocycles. The topological polar surface area (TPSA) is 55.6 Å². The van der Waals surface area contributed by atoms with Gasteiger partial charge in [-0.3, -0.25) is 4.79 Å². The average Bonchev–Trinajstić information content (AvgIpc) is 2.86. The van der Waals surface area contributed by atoms with Gasteiger partial charge in [0, 0.05) is 30.6 Å². The van der Waals surface area contributed by atoms with Gasteiger partial charge in [-0.1, -0.05) is 0 Å². The standard InChI is InChI=1S/C13H20N2O2S/c1-9(14)10-4-3-5-15(7-10)13(16)12-6-11(17-2)8-18-12/h6,8-10H,3-5,7,14H2,1-2H3. The van der Waals surface area contributed by atoms with Crippen LogP contribution in [0.5, 0.6) is 5.75 Å². The summed E-state index contributed by atoms with van der Waals surface area (Å²) in [6, 6.07) is 1.96. The number of amides is 1. The molecule has 2 N–H and O–H groups in total. The summed E-state index contributed by atoms with van der Waals surface area (Å²) in [5.41, 5.74) is 5.94. The SMILES string of the molecule is COc1csc(C(=O)N2CCCC(C(C)N)C2)c1. The van der Waals surface area contributed by atoms with Crippen molar-refractivity contribution in [1.82, 2.24) is 4.90 Å². The van der Waals surface area contributed by atoms with E-state index in [1.807, 2.05) is 23.3 Å².